The summed E-state index contributed by atoms with van der Waals surface area (Å²) in [5.41, 5.74) is 1.87. The van der Waals surface area contributed by atoms with E-state index < -0.39 is 0 Å². The lowest BCUT2D eigenvalue weighted by molar-refractivity contribution is 0.00332. The summed E-state index contributed by atoms with van der Waals surface area (Å²) >= 11 is 0. The Morgan fingerprint density at radius 2 is 2.32 bits per heavy atom. The quantitative estimate of drug-likeness (QED) is 0.848. The third kappa shape index (κ3) is 2.59. The Bertz CT molecular complexity index is 512. The van der Waals surface area contributed by atoms with Crippen molar-refractivity contribution in [3.8, 4) is 11.3 Å². The molecule has 2 aromatic rings. The molecule has 100 valence electrons. The molecule has 0 bridgehead atoms. The summed E-state index contributed by atoms with van der Waals surface area (Å²) < 4.78 is 5.42. The molecule has 1 saturated heterocycles. The maximum absolute atomic E-state index is 9.13. The largest absolute Gasteiger partial charge is 0.394 e. The highest BCUT2D eigenvalue weighted by Crippen LogP contribution is 2.19. The Morgan fingerprint density at radius 3 is 3.00 bits per heavy atom. The number of aliphatic hydroxyl groups is 1. The number of aliphatic hydroxyl groups excluding tert-OH is 1. The van der Waals surface area contributed by atoms with Crippen LogP contribution in [0.1, 0.15) is 0 Å². The number of rotatable bonds is 3. The fourth-order valence-corrected chi connectivity index (χ4v) is 2.17. The molecule has 0 spiro atoms. The van der Waals surface area contributed by atoms with Crippen LogP contribution in [0.5, 0.6) is 0 Å². The molecule has 1 fully saturated rings. The predicted molar refractivity (Wildman–Crippen MR) is 70.9 cm³/mol. The Morgan fingerprint density at radius 1 is 1.37 bits per heavy atom. The fraction of sp³-hybridized carbons (Fsp3) is 0.385. The predicted octanol–water partition coefficient (Wildman–Crippen LogP) is 0.669. The van der Waals surface area contributed by atoms with Gasteiger partial charge in [0.05, 0.1) is 25.0 Å². The van der Waals surface area contributed by atoms with E-state index in [2.05, 4.69) is 20.1 Å². The highest BCUT2D eigenvalue weighted by molar-refractivity contribution is 5.58. The number of aromatic amines is 1. The van der Waals surface area contributed by atoms with E-state index in [9.17, 15) is 0 Å². The zero-order chi connectivity index (χ0) is 13.1. The van der Waals surface area contributed by atoms with Crippen molar-refractivity contribution in [1.29, 1.82) is 0 Å². The van der Waals surface area contributed by atoms with Crippen LogP contribution in [0, 0.1) is 0 Å². The van der Waals surface area contributed by atoms with Gasteiger partial charge in [-0.25, -0.2) is 0 Å². The minimum atomic E-state index is -0.139. The molecule has 1 aliphatic rings. The summed E-state index contributed by atoms with van der Waals surface area (Å²) in [6.45, 7) is 2.06. The van der Waals surface area contributed by atoms with Gasteiger partial charge in [0.15, 0.2) is 5.82 Å². The van der Waals surface area contributed by atoms with Gasteiger partial charge in [-0.05, 0) is 18.2 Å². The maximum atomic E-state index is 9.13. The van der Waals surface area contributed by atoms with Crippen molar-refractivity contribution in [2.24, 2.45) is 0 Å². The summed E-state index contributed by atoms with van der Waals surface area (Å²) in [6.07, 6.45) is 3.61. The molecule has 0 saturated carbocycles. The normalized spacial score (nSPS) is 19.6. The van der Waals surface area contributed by atoms with E-state index >= 15 is 0 Å². The zero-order valence-corrected chi connectivity index (χ0v) is 10.5. The number of nitrogens with one attached hydrogen (secondary N) is 1. The van der Waals surface area contributed by atoms with E-state index in [4.69, 9.17) is 9.84 Å². The lowest BCUT2D eigenvalue weighted by Crippen LogP contribution is -2.44. The number of ether oxygens (including phenoxy) is 1. The van der Waals surface area contributed by atoms with Gasteiger partial charge in [0.25, 0.3) is 0 Å². The van der Waals surface area contributed by atoms with E-state index in [-0.39, 0.29) is 12.7 Å². The summed E-state index contributed by atoms with van der Waals surface area (Å²) in [5.74, 6) is 0.820. The molecule has 0 aliphatic carbocycles. The van der Waals surface area contributed by atoms with Crippen LogP contribution in [0.4, 0.5) is 5.82 Å². The standard InChI is InChI=1S/C13H16N4O2/c18-9-11-8-17(5-6-19-11)13-2-1-12(15-16-13)10-3-4-14-7-10/h1-4,7,11,14,18H,5-6,8-9H2. The van der Waals surface area contributed by atoms with Crippen LogP contribution in [-0.2, 0) is 4.74 Å². The van der Waals surface area contributed by atoms with E-state index in [1.807, 2.05) is 30.6 Å². The first-order valence-electron chi connectivity index (χ1n) is 6.31. The van der Waals surface area contributed by atoms with Gasteiger partial charge in [-0.2, -0.15) is 0 Å². The smallest absolute Gasteiger partial charge is 0.151 e. The summed E-state index contributed by atoms with van der Waals surface area (Å²) in [4.78, 5) is 5.08. The van der Waals surface area contributed by atoms with Gasteiger partial charge >= 0.3 is 0 Å². The van der Waals surface area contributed by atoms with Crippen LogP contribution in [-0.4, -0.2) is 52.7 Å². The Labute approximate surface area is 111 Å². The molecular weight excluding hydrogens is 244 g/mol. The Kier molecular flexibility index (Phi) is 3.43. The van der Waals surface area contributed by atoms with Gasteiger partial charge in [0.1, 0.15) is 0 Å². The van der Waals surface area contributed by atoms with Crippen LogP contribution in [0.15, 0.2) is 30.6 Å². The van der Waals surface area contributed by atoms with Crippen molar-refractivity contribution in [2.45, 2.75) is 6.10 Å². The molecule has 1 atom stereocenters. The monoisotopic (exact) mass is 260 g/mol. The number of morpholine rings is 1. The fourth-order valence-electron chi connectivity index (χ4n) is 2.17. The van der Waals surface area contributed by atoms with Crippen LogP contribution in [0.25, 0.3) is 11.3 Å². The number of H-pyrrole nitrogens is 1. The molecule has 19 heavy (non-hydrogen) atoms. The van der Waals surface area contributed by atoms with E-state index in [0.717, 1.165) is 23.6 Å². The summed E-state index contributed by atoms with van der Waals surface area (Å²) in [5, 5.41) is 17.6. The van der Waals surface area contributed by atoms with Gasteiger partial charge < -0.3 is 19.7 Å². The average molecular weight is 260 g/mol. The first kappa shape index (κ1) is 12.1. The molecule has 2 N–H and O–H groups in total. The SMILES string of the molecule is OCC1CN(c2ccc(-c3cc[nH]c3)nn2)CCO1. The van der Waals surface area contributed by atoms with Crippen LogP contribution in [0.2, 0.25) is 0 Å². The van der Waals surface area contributed by atoms with Crippen LogP contribution in [0.3, 0.4) is 0 Å². The van der Waals surface area contributed by atoms with E-state index in [1.54, 1.807) is 0 Å². The van der Waals surface area contributed by atoms with Gasteiger partial charge in [0, 0.05) is 31.0 Å². The van der Waals surface area contributed by atoms with Gasteiger partial charge in [-0.1, -0.05) is 0 Å². The van der Waals surface area contributed by atoms with E-state index in [1.165, 1.54) is 0 Å². The lowest BCUT2D eigenvalue weighted by Gasteiger charge is -2.32. The van der Waals surface area contributed by atoms with Gasteiger partial charge in [-0.3, -0.25) is 0 Å². The van der Waals surface area contributed by atoms with Crippen molar-refractivity contribution < 1.29 is 9.84 Å². The van der Waals surface area contributed by atoms with Crippen molar-refractivity contribution in [3.63, 3.8) is 0 Å². The second-order valence-corrected chi connectivity index (χ2v) is 4.50. The molecule has 3 rings (SSSR count). The topological polar surface area (TPSA) is 74.3 Å². The summed E-state index contributed by atoms with van der Waals surface area (Å²) in [6, 6.07) is 5.87. The molecule has 1 unspecified atom stereocenters. The minimum absolute atomic E-state index is 0.0331. The van der Waals surface area contributed by atoms with Gasteiger partial charge in [-0.15, -0.1) is 10.2 Å². The second-order valence-electron chi connectivity index (χ2n) is 4.50. The van der Waals surface area contributed by atoms with E-state index in [0.29, 0.717) is 13.2 Å². The highest BCUT2D eigenvalue weighted by atomic mass is 16.5. The molecule has 3 heterocycles. The molecule has 6 nitrogen and oxygen atoms in total. The average Bonchev–Trinajstić information content (AvgIpc) is 3.02. The molecule has 0 aromatic carbocycles. The zero-order valence-electron chi connectivity index (χ0n) is 10.5. The number of anilines is 1. The van der Waals surface area contributed by atoms with Crippen molar-refractivity contribution >= 4 is 5.82 Å². The first-order valence-corrected chi connectivity index (χ1v) is 6.31. The maximum Gasteiger partial charge on any atom is 0.151 e. The minimum Gasteiger partial charge on any atom is -0.394 e. The Hall–Kier alpha value is -1.92. The highest BCUT2D eigenvalue weighted by Gasteiger charge is 2.20. The van der Waals surface area contributed by atoms with Crippen molar-refractivity contribution in [3.05, 3.63) is 30.6 Å². The first-order chi connectivity index (χ1) is 9.36. The van der Waals surface area contributed by atoms with Gasteiger partial charge in [0.2, 0.25) is 0 Å². The molecular formula is C13H16N4O2. The number of hydrogen-bond acceptors (Lipinski definition) is 5. The molecule has 0 radical (unpaired) electrons. The molecule has 6 heteroatoms. The number of nitrogens with zero attached hydrogens (tertiary/aromatic N) is 3. The third-order valence-electron chi connectivity index (χ3n) is 3.21. The second kappa shape index (κ2) is 5.38. The number of aromatic nitrogens is 3. The van der Waals surface area contributed by atoms with Crippen LogP contribution < -0.4 is 4.90 Å². The van der Waals surface area contributed by atoms with Crippen molar-refractivity contribution in [2.75, 3.05) is 31.2 Å². The molecule has 0 amide bonds. The third-order valence-corrected chi connectivity index (χ3v) is 3.21. The molecule has 1 aliphatic heterocycles. The lowest BCUT2D eigenvalue weighted by atomic mass is 10.2. The number of hydrogen-bond donors (Lipinski definition) is 2. The van der Waals surface area contributed by atoms with Crippen LogP contribution >= 0.6 is 0 Å². The summed E-state index contributed by atoms with van der Waals surface area (Å²) in [7, 11) is 0. The molecule has 2 aromatic heterocycles. The van der Waals surface area contributed by atoms with Crippen molar-refractivity contribution in [1.82, 2.24) is 15.2 Å². The Balaban J connectivity index is 1.75.